The van der Waals surface area contributed by atoms with E-state index < -0.39 is 23.5 Å². The average Bonchev–Trinajstić information content (AvgIpc) is 2.85. The summed E-state index contributed by atoms with van der Waals surface area (Å²) in [4.78, 5) is 24.0. The number of hydrogen-bond acceptors (Lipinski definition) is 7. The largest absolute Gasteiger partial charge is 0.416 e. The monoisotopic (exact) mass is 499 g/mol. The highest BCUT2D eigenvalue weighted by Crippen LogP contribution is 2.34. The van der Waals surface area contributed by atoms with Crippen LogP contribution in [0.3, 0.4) is 0 Å². The Morgan fingerprint density at radius 1 is 1.14 bits per heavy atom. The lowest BCUT2D eigenvalue weighted by Crippen LogP contribution is -2.10. The number of hydrogen-bond donors (Lipinski definition) is 4. The van der Waals surface area contributed by atoms with E-state index in [-0.39, 0.29) is 28.7 Å². The maximum absolute atomic E-state index is 14.6. The molecule has 0 fully saturated rings. The van der Waals surface area contributed by atoms with Crippen molar-refractivity contribution in [3.8, 4) is 11.1 Å². The van der Waals surface area contributed by atoms with Gasteiger partial charge in [0, 0.05) is 36.9 Å². The minimum absolute atomic E-state index is 0.0561. The lowest BCUT2D eigenvalue weighted by molar-refractivity contribution is -0.137. The maximum Gasteiger partial charge on any atom is 0.416 e. The molecule has 1 aromatic heterocycles. The lowest BCUT2D eigenvalue weighted by atomic mass is 10.1. The molecule has 0 spiro atoms. The molecule has 12 heteroatoms. The van der Waals surface area contributed by atoms with Crippen molar-refractivity contribution in [3.05, 3.63) is 84.6 Å². The van der Waals surface area contributed by atoms with Crippen molar-refractivity contribution in [1.29, 1.82) is 0 Å². The Balaban J connectivity index is 2.06. The van der Waals surface area contributed by atoms with E-state index in [4.69, 9.17) is 5.73 Å². The fourth-order valence-corrected chi connectivity index (χ4v) is 2.99. The number of amides is 1. The molecule has 186 valence electrons. The molecule has 1 amide bonds. The molecule has 0 unspecified atom stereocenters. The molecule has 0 aliphatic heterocycles. The van der Waals surface area contributed by atoms with E-state index in [1.807, 2.05) is 0 Å². The van der Waals surface area contributed by atoms with Crippen LogP contribution in [0, 0.1) is 5.82 Å². The molecule has 0 radical (unpaired) electrons. The predicted octanol–water partition coefficient (Wildman–Crippen LogP) is 5.08. The number of carbonyl (C=O) groups excluding carboxylic acids is 1. The Labute approximate surface area is 203 Å². The number of anilines is 4. The molecule has 0 aliphatic rings. The number of benzene rings is 2. The normalized spacial score (nSPS) is 11.9. The van der Waals surface area contributed by atoms with E-state index in [0.29, 0.717) is 11.3 Å². The first kappa shape index (κ1) is 25.9. The Kier molecular flexibility index (Phi) is 8.00. The summed E-state index contributed by atoms with van der Waals surface area (Å²) in [5, 5.41) is 8.19. The highest BCUT2D eigenvalue weighted by molar-refractivity contribution is 5.99. The summed E-state index contributed by atoms with van der Waals surface area (Å²) in [5.74, 6) is -1.03. The fraction of sp³-hybridized carbons (Fsp3) is 0.0833. The number of nitrogens with two attached hydrogens (primary N) is 1. The van der Waals surface area contributed by atoms with Crippen molar-refractivity contribution >= 4 is 35.3 Å². The number of halogens is 4. The van der Waals surface area contributed by atoms with E-state index in [9.17, 15) is 22.4 Å². The molecule has 8 nitrogen and oxygen atoms in total. The van der Waals surface area contributed by atoms with Gasteiger partial charge in [-0.3, -0.25) is 9.79 Å². The van der Waals surface area contributed by atoms with Gasteiger partial charge in [0.1, 0.15) is 11.6 Å². The second-order valence-corrected chi connectivity index (χ2v) is 7.18. The third-order valence-corrected chi connectivity index (χ3v) is 4.69. The van der Waals surface area contributed by atoms with Gasteiger partial charge >= 0.3 is 6.18 Å². The van der Waals surface area contributed by atoms with Crippen LogP contribution in [-0.4, -0.2) is 29.1 Å². The van der Waals surface area contributed by atoms with Crippen LogP contribution in [0.25, 0.3) is 11.1 Å². The van der Waals surface area contributed by atoms with Crippen LogP contribution >= 0.6 is 0 Å². The SMILES string of the molecule is C=CC(=O)Nc1ccc(F)c(Nc2nc(N/C(C=NC)=C/N)ncc2-c2ccc(C(F)(F)F)cc2)c1. The minimum Gasteiger partial charge on any atom is -0.403 e. The van der Waals surface area contributed by atoms with E-state index in [1.54, 1.807) is 0 Å². The van der Waals surface area contributed by atoms with Gasteiger partial charge in [-0.25, -0.2) is 9.37 Å². The summed E-state index contributed by atoms with van der Waals surface area (Å²) >= 11 is 0. The molecular weight excluding hydrogens is 478 g/mol. The fourth-order valence-electron chi connectivity index (χ4n) is 2.99. The second kappa shape index (κ2) is 11.1. The van der Waals surface area contributed by atoms with Crippen LogP contribution in [0.1, 0.15) is 5.56 Å². The first-order valence-corrected chi connectivity index (χ1v) is 10.3. The van der Waals surface area contributed by atoms with E-state index in [2.05, 4.69) is 37.5 Å². The minimum atomic E-state index is -4.50. The van der Waals surface area contributed by atoms with E-state index in [0.717, 1.165) is 24.3 Å². The number of allylic oxidation sites excluding steroid dienone is 1. The Hall–Kier alpha value is -4.74. The van der Waals surface area contributed by atoms with Crippen molar-refractivity contribution < 1.29 is 22.4 Å². The van der Waals surface area contributed by atoms with E-state index >= 15 is 0 Å². The van der Waals surface area contributed by atoms with Crippen LogP contribution in [-0.2, 0) is 11.0 Å². The van der Waals surface area contributed by atoms with Crippen molar-refractivity contribution in [2.45, 2.75) is 6.18 Å². The zero-order valence-corrected chi connectivity index (χ0v) is 18.9. The van der Waals surface area contributed by atoms with Crippen LogP contribution < -0.4 is 21.7 Å². The number of alkyl halides is 3. The number of carbonyl (C=O) groups is 1. The van der Waals surface area contributed by atoms with Gasteiger partial charge in [-0.15, -0.1) is 0 Å². The molecule has 0 saturated carbocycles. The summed E-state index contributed by atoms with van der Waals surface area (Å²) in [5.41, 5.74) is 5.95. The third kappa shape index (κ3) is 6.44. The standard InChI is InChI=1S/C24H21F4N7O/c1-3-21(36)32-16-8-9-19(25)20(10-16)34-22-18(14-4-6-15(7-5-14)24(26,27)28)13-31-23(35-22)33-17(11-29)12-30-2/h3-13H,1,29H2,2H3,(H,32,36)(H2,31,33,34,35)/b17-11+,30-12?. The van der Waals surface area contributed by atoms with Gasteiger partial charge in [-0.2, -0.15) is 18.2 Å². The molecule has 0 atom stereocenters. The van der Waals surface area contributed by atoms with Gasteiger partial charge in [0.15, 0.2) is 0 Å². The molecular formula is C24H21F4N7O. The zero-order chi connectivity index (χ0) is 26.3. The summed E-state index contributed by atoms with van der Waals surface area (Å²) < 4.78 is 53.7. The molecule has 2 aromatic carbocycles. The summed E-state index contributed by atoms with van der Waals surface area (Å²) in [7, 11) is 1.54. The molecule has 3 rings (SSSR count). The van der Waals surface area contributed by atoms with Gasteiger partial charge in [0.2, 0.25) is 11.9 Å². The molecule has 0 bridgehead atoms. The third-order valence-electron chi connectivity index (χ3n) is 4.69. The second-order valence-electron chi connectivity index (χ2n) is 7.18. The van der Waals surface area contributed by atoms with Crippen LogP contribution in [0.15, 0.2) is 78.2 Å². The van der Waals surface area contributed by atoms with Gasteiger partial charge in [-0.1, -0.05) is 18.7 Å². The summed E-state index contributed by atoms with van der Waals surface area (Å²) in [6.45, 7) is 3.37. The first-order chi connectivity index (χ1) is 17.1. The quantitative estimate of drug-likeness (QED) is 0.195. The molecule has 3 aromatic rings. The van der Waals surface area contributed by atoms with Gasteiger partial charge in [0.25, 0.3) is 0 Å². The van der Waals surface area contributed by atoms with Crippen LogP contribution in [0.2, 0.25) is 0 Å². The molecule has 0 aliphatic carbocycles. The maximum atomic E-state index is 14.6. The van der Waals surface area contributed by atoms with Crippen LogP contribution in [0.5, 0.6) is 0 Å². The number of rotatable bonds is 8. The lowest BCUT2D eigenvalue weighted by Gasteiger charge is -2.15. The first-order valence-electron chi connectivity index (χ1n) is 10.3. The molecule has 36 heavy (non-hydrogen) atoms. The highest BCUT2D eigenvalue weighted by atomic mass is 19.4. The highest BCUT2D eigenvalue weighted by Gasteiger charge is 2.30. The molecule has 0 saturated heterocycles. The van der Waals surface area contributed by atoms with Crippen molar-refractivity contribution in [3.63, 3.8) is 0 Å². The van der Waals surface area contributed by atoms with Crippen LogP contribution in [0.4, 0.5) is 40.7 Å². The number of nitrogens with zero attached hydrogens (tertiary/aromatic N) is 3. The summed E-state index contributed by atoms with van der Waals surface area (Å²) in [6, 6.07) is 8.17. The molecule has 1 heterocycles. The topological polar surface area (TPSA) is 117 Å². The number of nitrogens with one attached hydrogen (secondary N) is 3. The average molecular weight is 499 g/mol. The van der Waals surface area contributed by atoms with E-state index in [1.165, 1.54) is 49.9 Å². The molecule has 5 N–H and O–H groups in total. The van der Waals surface area contributed by atoms with Gasteiger partial charge < -0.3 is 21.7 Å². The van der Waals surface area contributed by atoms with Gasteiger partial charge in [-0.05, 0) is 42.0 Å². The van der Waals surface area contributed by atoms with Gasteiger partial charge in [0.05, 0.1) is 16.9 Å². The zero-order valence-electron chi connectivity index (χ0n) is 18.9. The van der Waals surface area contributed by atoms with Crippen molar-refractivity contribution in [1.82, 2.24) is 9.97 Å². The number of aliphatic imine (C=N–C) groups is 1. The Bertz CT molecular complexity index is 1320. The number of aromatic nitrogens is 2. The van der Waals surface area contributed by atoms with Crippen molar-refractivity contribution in [2.75, 3.05) is 23.0 Å². The van der Waals surface area contributed by atoms with Crippen molar-refractivity contribution in [2.24, 2.45) is 10.7 Å². The summed E-state index contributed by atoms with van der Waals surface area (Å²) in [6.07, 6.45) is 0.571. The Morgan fingerprint density at radius 2 is 1.86 bits per heavy atom. The predicted molar refractivity (Wildman–Crippen MR) is 131 cm³/mol. The smallest absolute Gasteiger partial charge is 0.403 e. The Morgan fingerprint density at radius 3 is 2.47 bits per heavy atom.